The highest BCUT2D eigenvalue weighted by molar-refractivity contribution is 5.89. The second-order valence-corrected chi connectivity index (χ2v) is 3.20. The van der Waals surface area contributed by atoms with E-state index in [9.17, 15) is 19.5 Å². The molecule has 0 radical (unpaired) electrons. The number of aldehydes is 2. The molecule has 0 aliphatic carbocycles. The average molecular weight is 253 g/mol. The Hall–Kier alpha value is -2.57. The summed E-state index contributed by atoms with van der Waals surface area (Å²) in [6.07, 6.45) is -0.129. The van der Waals surface area contributed by atoms with Gasteiger partial charge in [-0.1, -0.05) is 0 Å². The van der Waals surface area contributed by atoms with E-state index >= 15 is 0 Å². The van der Waals surface area contributed by atoms with Crippen LogP contribution in [0.1, 0.15) is 20.7 Å². The van der Waals surface area contributed by atoms with Crippen molar-refractivity contribution in [2.24, 2.45) is 5.73 Å². The van der Waals surface area contributed by atoms with Gasteiger partial charge in [0.25, 0.3) is 0 Å². The molecule has 7 nitrogen and oxygen atoms in total. The van der Waals surface area contributed by atoms with Crippen molar-refractivity contribution in [3.05, 3.63) is 23.3 Å². The summed E-state index contributed by atoms with van der Waals surface area (Å²) in [5, 5.41) is 9.45. The maximum Gasteiger partial charge on any atom is 0.404 e. The number of hydrogen-bond donors (Lipinski definition) is 2. The lowest BCUT2D eigenvalue weighted by Crippen LogP contribution is -2.17. The topological polar surface area (TPSA) is 116 Å². The van der Waals surface area contributed by atoms with E-state index < -0.39 is 11.8 Å². The van der Waals surface area contributed by atoms with Crippen molar-refractivity contribution in [2.45, 2.75) is 0 Å². The number of phenolic OH excluding ortho intramolecular Hbond substituents is 1. The van der Waals surface area contributed by atoms with Gasteiger partial charge >= 0.3 is 6.09 Å². The zero-order valence-electron chi connectivity index (χ0n) is 9.29. The molecule has 18 heavy (non-hydrogen) atoms. The average Bonchev–Trinajstić information content (AvgIpc) is 2.35. The minimum absolute atomic E-state index is 0.00428. The van der Waals surface area contributed by atoms with Gasteiger partial charge in [0.1, 0.15) is 24.7 Å². The Kier molecular flexibility index (Phi) is 4.67. The summed E-state index contributed by atoms with van der Waals surface area (Å²) in [5.41, 5.74) is 4.61. The lowest BCUT2D eigenvalue weighted by Gasteiger charge is -2.08. The summed E-state index contributed by atoms with van der Waals surface area (Å²) >= 11 is 0. The summed E-state index contributed by atoms with van der Waals surface area (Å²) in [6.45, 7) is -0.0621. The van der Waals surface area contributed by atoms with Crippen molar-refractivity contribution in [3.8, 4) is 11.5 Å². The van der Waals surface area contributed by atoms with Crippen molar-refractivity contribution < 1.29 is 29.0 Å². The Morgan fingerprint density at radius 3 is 2.22 bits per heavy atom. The fourth-order valence-electron chi connectivity index (χ4n) is 1.22. The summed E-state index contributed by atoms with van der Waals surface area (Å²) < 4.78 is 9.56. The van der Waals surface area contributed by atoms with Crippen LogP contribution in [0, 0.1) is 0 Å². The third-order valence-electron chi connectivity index (χ3n) is 1.99. The van der Waals surface area contributed by atoms with Crippen LogP contribution in [0.3, 0.4) is 0 Å². The second-order valence-electron chi connectivity index (χ2n) is 3.20. The van der Waals surface area contributed by atoms with Gasteiger partial charge in [0, 0.05) is 0 Å². The lowest BCUT2D eigenvalue weighted by molar-refractivity contribution is 0.111. The number of hydrogen-bond acceptors (Lipinski definition) is 6. The number of primary amides is 1. The SMILES string of the molecule is NC(=O)OCCOc1cc(C=O)c(O)c(C=O)c1. The quantitative estimate of drug-likeness (QED) is 0.563. The van der Waals surface area contributed by atoms with Gasteiger partial charge in [-0.2, -0.15) is 0 Å². The maximum atomic E-state index is 10.6. The Morgan fingerprint density at radius 1 is 1.22 bits per heavy atom. The van der Waals surface area contributed by atoms with Crippen LogP contribution in [0.15, 0.2) is 12.1 Å². The summed E-state index contributed by atoms with van der Waals surface area (Å²) in [5.74, 6) is -0.203. The molecular formula is C11H11NO6. The molecule has 0 atom stereocenters. The number of benzene rings is 1. The molecule has 0 heterocycles. The molecule has 1 rings (SSSR count). The Balaban J connectivity index is 2.74. The molecule has 3 N–H and O–H groups in total. The third kappa shape index (κ3) is 3.48. The molecule has 0 unspecified atom stereocenters. The van der Waals surface area contributed by atoms with Crippen molar-refractivity contribution in [1.29, 1.82) is 0 Å². The summed E-state index contributed by atoms with van der Waals surface area (Å²) in [4.78, 5) is 31.6. The van der Waals surface area contributed by atoms with Crippen LogP contribution in [0.25, 0.3) is 0 Å². The molecule has 1 aromatic carbocycles. The van der Waals surface area contributed by atoms with Crippen LogP contribution >= 0.6 is 0 Å². The Morgan fingerprint density at radius 2 is 1.78 bits per heavy atom. The molecule has 0 spiro atoms. The molecule has 0 fully saturated rings. The van der Waals surface area contributed by atoms with Gasteiger partial charge in [-0.25, -0.2) is 4.79 Å². The molecule has 0 bridgehead atoms. The van der Waals surface area contributed by atoms with Crippen LogP contribution < -0.4 is 10.5 Å². The highest BCUT2D eigenvalue weighted by Gasteiger charge is 2.09. The van der Waals surface area contributed by atoms with Gasteiger partial charge in [-0.3, -0.25) is 9.59 Å². The van der Waals surface area contributed by atoms with Gasteiger partial charge in [-0.05, 0) is 12.1 Å². The minimum atomic E-state index is -0.925. The molecule has 0 aliphatic rings. The molecule has 1 aromatic rings. The van der Waals surface area contributed by atoms with Gasteiger partial charge < -0.3 is 20.3 Å². The zero-order valence-corrected chi connectivity index (χ0v) is 9.29. The van der Waals surface area contributed by atoms with Crippen LogP contribution in [0.4, 0.5) is 4.79 Å². The van der Waals surface area contributed by atoms with E-state index in [1.807, 2.05) is 0 Å². The van der Waals surface area contributed by atoms with Gasteiger partial charge in [0.05, 0.1) is 11.1 Å². The summed E-state index contributed by atoms with van der Waals surface area (Å²) in [7, 11) is 0. The number of phenols is 1. The third-order valence-corrected chi connectivity index (χ3v) is 1.99. The van der Waals surface area contributed by atoms with E-state index in [0.29, 0.717) is 12.6 Å². The van der Waals surface area contributed by atoms with Crippen molar-refractivity contribution in [1.82, 2.24) is 0 Å². The number of nitrogens with two attached hydrogens (primary N) is 1. The van der Waals surface area contributed by atoms with Gasteiger partial charge in [-0.15, -0.1) is 0 Å². The molecule has 7 heteroatoms. The molecule has 0 aliphatic heterocycles. The number of carbonyl (C=O) groups is 3. The monoisotopic (exact) mass is 253 g/mol. The van der Waals surface area contributed by atoms with E-state index in [1.54, 1.807) is 0 Å². The fourth-order valence-corrected chi connectivity index (χ4v) is 1.22. The number of ether oxygens (including phenoxy) is 2. The van der Waals surface area contributed by atoms with E-state index in [-0.39, 0.29) is 30.1 Å². The van der Waals surface area contributed by atoms with Crippen LogP contribution in [0.2, 0.25) is 0 Å². The highest BCUT2D eigenvalue weighted by atomic mass is 16.6. The zero-order chi connectivity index (χ0) is 13.5. The first kappa shape index (κ1) is 13.5. The predicted octanol–water partition coefficient (Wildman–Crippen LogP) is 0.491. The van der Waals surface area contributed by atoms with Crippen LogP contribution in [-0.2, 0) is 4.74 Å². The normalized spacial score (nSPS) is 9.56. The van der Waals surface area contributed by atoms with Gasteiger partial charge in [0.15, 0.2) is 12.6 Å². The number of rotatable bonds is 6. The van der Waals surface area contributed by atoms with E-state index in [1.165, 1.54) is 12.1 Å². The number of aromatic hydroxyl groups is 1. The van der Waals surface area contributed by atoms with E-state index in [4.69, 9.17) is 10.5 Å². The van der Waals surface area contributed by atoms with E-state index in [0.717, 1.165) is 0 Å². The Bertz CT molecular complexity index is 442. The van der Waals surface area contributed by atoms with Crippen molar-refractivity contribution in [3.63, 3.8) is 0 Å². The first-order valence-corrected chi connectivity index (χ1v) is 4.91. The van der Waals surface area contributed by atoms with Gasteiger partial charge in [0.2, 0.25) is 0 Å². The number of carbonyl (C=O) groups excluding carboxylic acids is 3. The smallest absolute Gasteiger partial charge is 0.404 e. The molecule has 1 amide bonds. The molecule has 0 aromatic heterocycles. The molecular weight excluding hydrogens is 242 g/mol. The maximum absolute atomic E-state index is 10.6. The highest BCUT2D eigenvalue weighted by Crippen LogP contribution is 2.26. The second kappa shape index (κ2) is 6.24. The Labute approximate surface area is 102 Å². The summed E-state index contributed by atoms with van der Waals surface area (Å²) in [6, 6.07) is 2.53. The molecule has 96 valence electrons. The minimum Gasteiger partial charge on any atom is -0.506 e. The van der Waals surface area contributed by atoms with Crippen molar-refractivity contribution >= 4 is 18.7 Å². The predicted molar refractivity (Wildman–Crippen MR) is 59.9 cm³/mol. The number of amides is 1. The largest absolute Gasteiger partial charge is 0.506 e. The van der Waals surface area contributed by atoms with Crippen LogP contribution in [-0.4, -0.2) is 37.0 Å². The van der Waals surface area contributed by atoms with E-state index in [2.05, 4.69) is 4.74 Å². The molecule has 0 saturated heterocycles. The standard InChI is InChI=1S/C11H11NO6/c12-11(16)18-2-1-17-9-3-7(5-13)10(15)8(4-9)6-14/h3-6,15H,1-2H2,(H2,12,16). The van der Waals surface area contributed by atoms with Crippen molar-refractivity contribution in [2.75, 3.05) is 13.2 Å². The molecule has 0 saturated carbocycles. The first-order chi connectivity index (χ1) is 8.58. The lowest BCUT2D eigenvalue weighted by atomic mass is 10.1. The first-order valence-electron chi connectivity index (χ1n) is 4.91. The fraction of sp³-hybridized carbons (Fsp3) is 0.182. The van der Waals surface area contributed by atoms with Crippen LogP contribution in [0.5, 0.6) is 11.5 Å².